The average Bonchev–Trinajstić information content (AvgIpc) is 2.28. The van der Waals surface area contributed by atoms with Crippen LogP contribution >= 0.6 is 0 Å². The van der Waals surface area contributed by atoms with Crippen LogP contribution in [0.2, 0.25) is 0 Å². The summed E-state index contributed by atoms with van der Waals surface area (Å²) in [6.07, 6.45) is 1.09. The van der Waals surface area contributed by atoms with E-state index in [1.807, 2.05) is 19.9 Å². The van der Waals surface area contributed by atoms with E-state index in [1.54, 1.807) is 6.07 Å². The number of nitriles is 1. The van der Waals surface area contributed by atoms with E-state index in [4.69, 9.17) is 5.26 Å². The molecule has 16 heavy (non-hydrogen) atoms. The molecule has 0 aromatic carbocycles. The Morgan fingerprint density at radius 2 is 2.31 bits per heavy atom. The van der Waals surface area contributed by atoms with Crippen LogP contribution < -0.4 is 5.32 Å². The first-order chi connectivity index (χ1) is 7.65. The Hall–Kier alpha value is -1.67. The summed E-state index contributed by atoms with van der Waals surface area (Å²) in [4.78, 5) is 8.16. The molecule has 1 aromatic rings. The number of aliphatic hydroxyl groups is 1. The number of hydrogen-bond acceptors (Lipinski definition) is 5. The number of anilines is 1. The molecule has 1 heterocycles. The number of rotatable bonds is 5. The van der Waals surface area contributed by atoms with Gasteiger partial charge in [0.05, 0.1) is 6.10 Å². The molecular weight excluding hydrogens is 204 g/mol. The van der Waals surface area contributed by atoms with Crippen molar-refractivity contribution in [2.75, 3.05) is 11.9 Å². The minimum Gasteiger partial charge on any atom is -0.393 e. The van der Waals surface area contributed by atoms with E-state index < -0.39 is 0 Å². The summed E-state index contributed by atoms with van der Waals surface area (Å²) in [6.45, 7) is 4.35. The first-order valence-electron chi connectivity index (χ1n) is 5.33. The Bertz CT molecular complexity index is 386. The molecule has 86 valence electrons. The van der Waals surface area contributed by atoms with Gasteiger partial charge in [0.25, 0.3) is 0 Å². The lowest BCUT2D eigenvalue weighted by molar-refractivity contribution is 0.164. The maximum atomic E-state index is 9.36. The molecule has 0 saturated heterocycles. The van der Waals surface area contributed by atoms with Crippen LogP contribution in [0.5, 0.6) is 0 Å². The molecule has 1 unspecified atom stereocenters. The van der Waals surface area contributed by atoms with Gasteiger partial charge in [-0.2, -0.15) is 5.26 Å². The van der Waals surface area contributed by atoms with Crippen LogP contribution in [0.4, 0.5) is 5.95 Å². The summed E-state index contributed by atoms with van der Waals surface area (Å²) in [6, 6.07) is 3.61. The fourth-order valence-electron chi connectivity index (χ4n) is 1.26. The SMILES string of the molecule is CCC(O)CCNc1nc(C)cc(C#N)n1. The van der Waals surface area contributed by atoms with Gasteiger partial charge in [0.1, 0.15) is 11.8 Å². The summed E-state index contributed by atoms with van der Waals surface area (Å²) in [5.41, 5.74) is 1.11. The van der Waals surface area contributed by atoms with Crippen LogP contribution in [0.3, 0.4) is 0 Å². The van der Waals surface area contributed by atoms with Crippen molar-refractivity contribution in [2.45, 2.75) is 32.8 Å². The molecule has 1 rings (SSSR count). The van der Waals surface area contributed by atoms with Crippen LogP contribution in [0.25, 0.3) is 0 Å². The lowest BCUT2D eigenvalue weighted by atomic mass is 10.2. The van der Waals surface area contributed by atoms with E-state index >= 15 is 0 Å². The molecule has 5 heteroatoms. The smallest absolute Gasteiger partial charge is 0.224 e. The number of aryl methyl sites for hydroxylation is 1. The van der Waals surface area contributed by atoms with Gasteiger partial charge in [-0.1, -0.05) is 6.92 Å². The molecule has 0 spiro atoms. The Kier molecular flexibility index (Phi) is 4.67. The van der Waals surface area contributed by atoms with E-state index in [-0.39, 0.29) is 6.10 Å². The minimum atomic E-state index is -0.298. The van der Waals surface area contributed by atoms with Crippen LogP contribution in [0.15, 0.2) is 6.07 Å². The van der Waals surface area contributed by atoms with Crippen LogP contribution in [-0.4, -0.2) is 27.7 Å². The maximum absolute atomic E-state index is 9.36. The molecule has 5 nitrogen and oxygen atoms in total. The molecule has 1 atom stereocenters. The highest BCUT2D eigenvalue weighted by atomic mass is 16.3. The van der Waals surface area contributed by atoms with Crippen molar-refractivity contribution in [3.63, 3.8) is 0 Å². The van der Waals surface area contributed by atoms with Gasteiger partial charge >= 0.3 is 0 Å². The molecule has 0 saturated carbocycles. The highest BCUT2D eigenvalue weighted by Gasteiger charge is 2.03. The minimum absolute atomic E-state index is 0.298. The maximum Gasteiger partial charge on any atom is 0.224 e. The largest absolute Gasteiger partial charge is 0.393 e. The van der Waals surface area contributed by atoms with E-state index in [9.17, 15) is 5.11 Å². The molecule has 0 aliphatic carbocycles. The zero-order valence-electron chi connectivity index (χ0n) is 9.56. The van der Waals surface area contributed by atoms with E-state index in [2.05, 4.69) is 15.3 Å². The van der Waals surface area contributed by atoms with Crippen LogP contribution in [-0.2, 0) is 0 Å². The molecule has 0 aliphatic rings. The molecule has 2 N–H and O–H groups in total. The summed E-state index contributed by atoms with van der Waals surface area (Å²) in [5, 5.41) is 21.1. The number of nitrogens with one attached hydrogen (secondary N) is 1. The van der Waals surface area contributed by atoms with Crippen molar-refractivity contribution in [1.82, 2.24) is 9.97 Å². The van der Waals surface area contributed by atoms with Gasteiger partial charge < -0.3 is 10.4 Å². The van der Waals surface area contributed by atoms with Gasteiger partial charge in [-0.15, -0.1) is 0 Å². The highest BCUT2D eigenvalue weighted by molar-refractivity contribution is 5.32. The van der Waals surface area contributed by atoms with Gasteiger partial charge in [-0.3, -0.25) is 0 Å². The van der Waals surface area contributed by atoms with Gasteiger partial charge in [0.15, 0.2) is 0 Å². The first-order valence-corrected chi connectivity index (χ1v) is 5.33. The molecule has 1 aromatic heterocycles. The monoisotopic (exact) mass is 220 g/mol. The molecular formula is C11H16N4O. The topological polar surface area (TPSA) is 81.8 Å². The van der Waals surface area contributed by atoms with Crippen LogP contribution in [0, 0.1) is 18.3 Å². The second-order valence-corrected chi connectivity index (χ2v) is 3.61. The first kappa shape index (κ1) is 12.4. The zero-order chi connectivity index (χ0) is 12.0. The van der Waals surface area contributed by atoms with Crippen molar-refractivity contribution < 1.29 is 5.11 Å². The van der Waals surface area contributed by atoms with Gasteiger partial charge in [0, 0.05) is 12.2 Å². The fraction of sp³-hybridized carbons (Fsp3) is 0.545. The van der Waals surface area contributed by atoms with Crippen molar-refractivity contribution in [2.24, 2.45) is 0 Å². The number of hydrogen-bond donors (Lipinski definition) is 2. The second-order valence-electron chi connectivity index (χ2n) is 3.61. The highest BCUT2D eigenvalue weighted by Crippen LogP contribution is 2.04. The molecule has 0 amide bonds. The van der Waals surface area contributed by atoms with Crippen LogP contribution in [0.1, 0.15) is 31.2 Å². The predicted octanol–water partition coefficient (Wildman–Crippen LogP) is 1.23. The third kappa shape index (κ3) is 3.83. The Morgan fingerprint density at radius 3 is 2.94 bits per heavy atom. The molecule has 0 aliphatic heterocycles. The lowest BCUT2D eigenvalue weighted by Crippen LogP contribution is -2.14. The molecule has 0 fully saturated rings. The van der Waals surface area contributed by atoms with Crippen molar-refractivity contribution >= 4 is 5.95 Å². The van der Waals surface area contributed by atoms with Crippen molar-refractivity contribution in [3.05, 3.63) is 17.5 Å². The summed E-state index contributed by atoms with van der Waals surface area (Å²) >= 11 is 0. The lowest BCUT2D eigenvalue weighted by Gasteiger charge is -2.08. The average molecular weight is 220 g/mol. The van der Waals surface area contributed by atoms with E-state index in [0.717, 1.165) is 12.1 Å². The Balaban J connectivity index is 2.54. The standard InChI is InChI=1S/C11H16N4O/c1-3-10(16)4-5-13-11-14-8(2)6-9(7-12)15-11/h6,10,16H,3-5H2,1-2H3,(H,13,14,15). The molecule has 0 radical (unpaired) electrons. The van der Waals surface area contributed by atoms with Crippen molar-refractivity contribution in [1.29, 1.82) is 5.26 Å². The quantitative estimate of drug-likeness (QED) is 0.780. The summed E-state index contributed by atoms with van der Waals surface area (Å²) in [5.74, 6) is 0.444. The van der Waals surface area contributed by atoms with Gasteiger partial charge in [0.2, 0.25) is 5.95 Å². The summed E-state index contributed by atoms with van der Waals surface area (Å²) in [7, 11) is 0. The van der Waals surface area contributed by atoms with Gasteiger partial charge in [-0.05, 0) is 25.8 Å². The van der Waals surface area contributed by atoms with Crippen molar-refractivity contribution in [3.8, 4) is 6.07 Å². The number of aromatic nitrogens is 2. The second kappa shape index (κ2) is 6.03. The third-order valence-electron chi connectivity index (χ3n) is 2.20. The number of nitrogens with zero attached hydrogens (tertiary/aromatic N) is 3. The third-order valence-corrected chi connectivity index (χ3v) is 2.20. The Labute approximate surface area is 95.2 Å². The predicted molar refractivity (Wildman–Crippen MR) is 60.9 cm³/mol. The summed E-state index contributed by atoms with van der Waals surface area (Å²) < 4.78 is 0. The fourth-order valence-corrected chi connectivity index (χ4v) is 1.26. The normalized spacial score (nSPS) is 11.9. The number of aliphatic hydroxyl groups excluding tert-OH is 1. The Morgan fingerprint density at radius 1 is 1.56 bits per heavy atom. The zero-order valence-corrected chi connectivity index (χ0v) is 9.56. The van der Waals surface area contributed by atoms with E-state index in [1.165, 1.54) is 0 Å². The van der Waals surface area contributed by atoms with E-state index in [0.29, 0.717) is 24.6 Å². The van der Waals surface area contributed by atoms with Gasteiger partial charge in [-0.25, -0.2) is 9.97 Å². The molecule has 0 bridgehead atoms.